The summed E-state index contributed by atoms with van der Waals surface area (Å²) in [6, 6.07) is 9.09. The molecule has 0 bridgehead atoms. The molecule has 1 aliphatic carbocycles. The number of nitrogens with one attached hydrogen (secondary N) is 1. The first kappa shape index (κ1) is 23.0. The minimum Gasteiger partial charge on any atom is -0.470 e. The zero-order chi connectivity index (χ0) is 24.7. The molecule has 0 radical (unpaired) electrons. The van der Waals surface area contributed by atoms with Gasteiger partial charge in [0.05, 0.1) is 17.3 Å². The number of hydrogen-bond donors (Lipinski definition) is 1. The molecule has 1 saturated carbocycles. The molecule has 180 valence electrons. The number of benzene rings is 1. The number of aryl methyl sites for hydroxylation is 1. The van der Waals surface area contributed by atoms with E-state index in [0.29, 0.717) is 45.7 Å². The summed E-state index contributed by atoms with van der Waals surface area (Å²) in [6.45, 7) is 4.53. The molecule has 5 rings (SSSR count). The van der Waals surface area contributed by atoms with Crippen molar-refractivity contribution in [1.82, 2.24) is 29.4 Å². The summed E-state index contributed by atoms with van der Waals surface area (Å²) in [5.41, 5.74) is 4.26. The summed E-state index contributed by atoms with van der Waals surface area (Å²) >= 11 is 6.71. The number of fused-ring (bicyclic) bond motifs is 1. The van der Waals surface area contributed by atoms with Crippen molar-refractivity contribution in [2.75, 3.05) is 19.4 Å². The van der Waals surface area contributed by atoms with E-state index in [1.807, 2.05) is 29.7 Å². The molecular formula is C25H26ClN7O2. The number of carbonyl (C=O) groups is 1. The SMILES string of the molecule is Cc1ccnc(Cn2c(-c3ccc(NC(=O)N(C)C)cc3Cl)nc3c(OC4(C)CC4)ncnc32)c1. The quantitative estimate of drug-likeness (QED) is 0.411. The first-order valence-electron chi connectivity index (χ1n) is 11.3. The van der Waals surface area contributed by atoms with Crippen molar-refractivity contribution in [3.63, 3.8) is 0 Å². The molecule has 35 heavy (non-hydrogen) atoms. The third kappa shape index (κ3) is 4.77. The van der Waals surface area contributed by atoms with E-state index in [4.69, 9.17) is 21.3 Å². The van der Waals surface area contributed by atoms with Crippen LogP contribution in [0.4, 0.5) is 10.5 Å². The van der Waals surface area contributed by atoms with Crippen molar-refractivity contribution in [2.45, 2.75) is 38.8 Å². The van der Waals surface area contributed by atoms with Gasteiger partial charge in [-0.25, -0.2) is 14.8 Å². The Morgan fingerprint density at radius 2 is 2.00 bits per heavy atom. The predicted molar refractivity (Wildman–Crippen MR) is 135 cm³/mol. The summed E-state index contributed by atoms with van der Waals surface area (Å²) in [7, 11) is 3.35. The molecule has 0 atom stereocenters. The molecule has 0 aliphatic heterocycles. The number of halogens is 1. The Morgan fingerprint density at radius 3 is 2.69 bits per heavy atom. The number of pyridine rings is 1. The molecule has 1 aromatic carbocycles. The van der Waals surface area contributed by atoms with Gasteiger partial charge in [-0.15, -0.1) is 0 Å². The fraction of sp³-hybridized carbons (Fsp3) is 0.320. The van der Waals surface area contributed by atoms with Crippen LogP contribution in [0.5, 0.6) is 5.88 Å². The van der Waals surface area contributed by atoms with Crippen molar-refractivity contribution >= 4 is 34.5 Å². The molecule has 3 aromatic heterocycles. The van der Waals surface area contributed by atoms with E-state index in [2.05, 4.69) is 27.2 Å². The van der Waals surface area contributed by atoms with E-state index in [1.54, 1.807) is 32.4 Å². The maximum absolute atomic E-state index is 12.1. The molecule has 1 N–H and O–H groups in total. The van der Waals surface area contributed by atoms with E-state index in [9.17, 15) is 4.79 Å². The highest BCUT2D eigenvalue weighted by molar-refractivity contribution is 6.33. The van der Waals surface area contributed by atoms with Crippen LogP contribution < -0.4 is 10.1 Å². The van der Waals surface area contributed by atoms with Gasteiger partial charge in [-0.1, -0.05) is 11.6 Å². The lowest BCUT2D eigenvalue weighted by molar-refractivity contribution is 0.194. The Balaban J connectivity index is 1.62. The van der Waals surface area contributed by atoms with Crippen LogP contribution >= 0.6 is 11.6 Å². The number of nitrogens with zero attached hydrogens (tertiary/aromatic N) is 6. The van der Waals surface area contributed by atoms with Crippen molar-refractivity contribution in [3.8, 4) is 17.3 Å². The monoisotopic (exact) mass is 491 g/mol. The second kappa shape index (κ2) is 8.81. The van der Waals surface area contributed by atoms with Gasteiger partial charge in [0.2, 0.25) is 5.88 Å². The highest BCUT2D eigenvalue weighted by atomic mass is 35.5. The highest BCUT2D eigenvalue weighted by Gasteiger charge is 2.41. The molecule has 1 fully saturated rings. The topological polar surface area (TPSA) is 98.1 Å². The van der Waals surface area contributed by atoms with E-state index >= 15 is 0 Å². The molecule has 3 heterocycles. The standard InChI is InChI=1S/C25H26ClN7O2/c1-15-7-10-27-17(11-15)13-33-21(18-6-5-16(12-19(18)26)30-24(34)32(3)4)31-20-22(33)28-14-29-23(20)35-25(2)8-9-25/h5-7,10-12,14H,8-9,13H2,1-4H3,(H,30,34). The minimum absolute atomic E-state index is 0.215. The number of carbonyl (C=O) groups excluding carboxylic acids is 1. The summed E-state index contributed by atoms with van der Waals surface area (Å²) in [4.78, 5) is 31.9. The first-order chi connectivity index (χ1) is 16.7. The number of rotatable bonds is 6. The molecule has 0 saturated heterocycles. The third-order valence-corrected chi connectivity index (χ3v) is 6.27. The van der Waals surface area contributed by atoms with Gasteiger partial charge in [-0.05, 0) is 62.6 Å². The molecule has 1 aliphatic rings. The molecule has 2 amide bonds. The number of hydrogen-bond acceptors (Lipinski definition) is 6. The Kier molecular flexibility index (Phi) is 5.80. The van der Waals surface area contributed by atoms with Crippen LogP contribution in [0.1, 0.15) is 31.0 Å². The van der Waals surface area contributed by atoms with Crippen molar-refractivity contribution in [3.05, 3.63) is 59.1 Å². The summed E-state index contributed by atoms with van der Waals surface area (Å²) < 4.78 is 8.16. The normalized spacial score (nSPS) is 14.1. The fourth-order valence-electron chi connectivity index (χ4n) is 3.71. The Morgan fingerprint density at radius 1 is 1.20 bits per heavy atom. The van der Waals surface area contributed by atoms with Gasteiger partial charge in [0, 0.05) is 31.5 Å². The lowest BCUT2D eigenvalue weighted by Gasteiger charge is -2.14. The average molecular weight is 492 g/mol. The second-order valence-corrected chi connectivity index (χ2v) is 9.68. The number of urea groups is 1. The smallest absolute Gasteiger partial charge is 0.321 e. The Labute approximate surface area is 208 Å². The summed E-state index contributed by atoms with van der Waals surface area (Å²) in [5, 5.41) is 3.26. The van der Waals surface area contributed by atoms with E-state index in [1.165, 1.54) is 11.2 Å². The maximum atomic E-state index is 12.1. The summed E-state index contributed by atoms with van der Waals surface area (Å²) in [6.07, 6.45) is 5.24. The average Bonchev–Trinajstić information content (AvgIpc) is 3.42. The van der Waals surface area contributed by atoms with Crippen LogP contribution in [0, 0.1) is 6.92 Å². The lowest BCUT2D eigenvalue weighted by Crippen LogP contribution is -2.27. The maximum Gasteiger partial charge on any atom is 0.321 e. The molecular weight excluding hydrogens is 466 g/mol. The molecule has 0 spiro atoms. The van der Waals surface area contributed by atoms with Crippen LogP contribution in [-0.2, 0) is 6.54 Å². The van der Waals surface area contributed by atoms with E-state index in [0.717, 1.165) is 24.1 Å². The van der Waals surface area contributed by atoms with Crippen LogP contribution in [-0.4, -0.2) is 55.1 Å². The molecule has 9 nitrogen and oxygen atoms in total. The number of imidazole rings is 1. The highest BCUT2D eigenvalue weighted by Crippen LogP contribution is 2.41. The van der Waals surface area contributed by atoms with E-state index in [-0.39, 0.29) is 11.6 Å². The van der Waals surface area contributed by atoms with Gasteiger partial charge in [-0.2, -0.15) is 4.98 Å². The fourth-order valence-corrected chi connectivity index (χ4v) is 3.98. The van der Waals surface area contributed by atoms with E-state index < -0.39 is 0 Å². The van der Waals surface area contributed by atoms with Gasteiger partial charge in [0.1, 0.15) is 17.8 Å². The zero-order valence-corrected chi connectivity index (χ0v) is 20.8. The second-order valence-electron chi connectivity index (χ2n) is 9.27. The molecule has 0 unspecified atom stereocenters. The van der Waals surface area contributed by atoms with Crippen LogP contribution in [0.2, 0.25) is 5.02 Å². The first-order valence-corrected chi connectivity index (χ1v) is 11.7. The number of amides is 2. The van der Waals surface area contributed by atoms with Crippen LogP contribution in [0.15, 0.2) is 42.9 Å². The Bertz CT molecular complexity index is 1430. The zero-order valence-electron chi connectivity index (χ0n) is 20.0. The van der Waals surface area contributed by atoms with Crippen molar-refractivity contribution in [2.24, 2.45) is 0 Å². The van der Waals surface area contributed by atoms with Gasteiger partial charge in [0.15, 0.2) is 11.2 Å². The third-order valence-electron chi connectivity index (χ3n) is 5.96. The van der Waals surface area contributed by atoms with Crippen molar-refractivity contribution in [1.29, 1.82) is 0 Å². The van der Waals surface area contributed by atoms with Crippen molar-refractivity contribution < 1.29 is 9.53 Å². The number of aromatic nitrogens is 5. The molecule has 10 heteroatoms. The Hall–Kier alpha value is -3.72. The van der Waals surface area contributed by atoms with Gasteiger partial charge in [-0.3, -0.25) is 4.98 Å². The van der Waals surface area contributed by atoms with Gasteiger partial charge < -0.3 is 19.5 Å². The molecule has 4 aromatic rings. The number of ether oxygens (including phenoxy) is 1. The lowest BCUT2D eigenvalue weighted by atomic mass is 10.2. The summed E-state index contributed by atoms with van der Waals surface area (Å²) in [5.74, 6) is 1.07. The van der Waals surface area contributed by atoms with Crippen LogP contribution in [0.25, 0.3) is 22.6 Å². The minimum atomic E-state index is -0.239. The largest absolute Gasteiger partial charge is 0.470 e. The van der Waals surface area contributed by atoms with Gasteiger partial charge >= 0.3 is 6.03 Å². The van der Waals surface area contributed by atoms with Crippen LogP contribution in [0.3, 0.4) is 0 Å². The van der Waals surface area contributed by atoms with Gasteiger partial charge in [0.25, 0.3) is 0 Å². The predicted octanol–water partition coefficient (Wildman–Crippen LogP) is 4.92. The number of anilines is 1.